The zero-order valence-electron chi connectivity index (χ0n) is 10.4. The Balaban J connectivity index is 2.11. The van der Waals surface area contributed by atoms with Crippen LogP contribution in [0.4, 0.5) is 4.39 Å². The van der Waals surface area contributed by atoms with Gasteiger partial charge in [0.15, 0.2) is 0 Å². The van der Waals surface area contributed by atoms with Crippen LogP contribution in [-0.4, -0.2) is 18.9 Å². The van der Waals surface area contributed by atoms with E-state index in [2.05, 4.69) is 21.2 Å². The SMILES string of the molecule is CC1(C(=O)Cc2ccc(Br)cc2F)CCNCC1. The van der Waals surface area contributed by atoms with Crippen molar-refractivity contribution in [2.75, 3.05) is 13.1 Å². The van der Waals surface area contributed by atoms with Gasteiger partial charge in [-0.1, -0.05) is 28.9 Å². The summed E-state index contributed by atoms with van der Waals surface area (Å²) in [4.78, 5) is 12.3. The summed E-state index contributed by atoms with van der Waals surface area (Å²) in [5.74, 6) is -0.166. The van der Waals surface area contributed by atoms with Crippen molar-refractivity contribution >= 4 is 21.7 Å². The molecule has 1 saturated heterocycles. The van der Waals surface area contributed by atoms with Crippen LogP contribution in [0.15, 0.2) is 22.7 Å². The molecule has 1 aromatic rings. The van der Waals surface area contributed by atoms with Crippen LogP contribution in [0.25, 0.3) is 0 Å². The van der Waals surface area contributed by atoms with Crippen molar-refractivity contribution in [3.8, 4) is 0 Å². The maximum absolute atomic E-state index is 13.7. The number of ketones is 1. The highest BCUT2D eigenvalue weighted by Crippen LogP contribution is 2.31. The molecule has 98 valence electrons. The average molecular weight is 314 g/mol. The average Bonchev–Trinajstić information content (AvgIpc) is 2.33. The maximum atomic E-state index is 13.7. The lowest BCUT2D eigenvalue weighted by atomic mass is 9.75. The van der Waals surface area contributed by atoms with E-state index in [-0.39, 0.29) is 23.4 Å². The number of Topliss-reactive ketones (excluding diaryl/α,β-unsaturated/α-hetero) is 1. The molecule has 1 aliphatic rings. The van der Waals surface area contributed by atoms with Gasteiger partial charge in [-0.25, -0.2) is 4.39 Å². The van der Waals surface area contributed by atoms with Gasteiger partial charge in [-0.2, -0.15) is 0 Å². The molecule has 2 nitrogen and oxygen atoms in total. The monoisotopic (exact) mass is 313 g/mol. The number of halogens is 2. The van der Waals surface area contributed by atoms with Crippen LogP contribution in [0, 0.1) is 11.2 Å². The summed E-state index contributed by atoms with van der Waals surface area (Å²) in [5, 5.41) is 3.25. The second kappa shape index (κ2) is 5.49. The van der Waals surface area contributed by atoms with Gasteiger partial charge in [0.05, 0.1) is 0 Å². The summed E-state index contributed by atoms with van der Waals surface area (Å²) in [7, 11) is 0. The molecule has 0 atom stereocenters. The molecular weight excluding hydrogens is 297 g/mol. The minimum absolute atomic E-state index is 0.144. The van der Waals surface area contributed by atoms with Gasteiger partial charge in [0.1, 0.15) is 11.6 Å². The zero-order chi connectivity index (χ0) is 13.2. The van der Waals surface area contributed by atoms with Crippen LogP contribution in [0.5, 0.6) is 0 Å². The molecule has 1 aromatic carbocycles. The summed E-state index contributed by atoms with van der Waals surface area (Å²) >= 11 is 3.22. The number of carbonyl (C=O) groups excluding carboxylic acids is 1. The van der Waals surface area contributed by atoms with E-state index in [1.165, 1.54) is 6.07 Å². The lowest BCUT2D eigenvalue weighted by molar-refractivity contribution is -0.128. The highest BCUT2D eigenvalue weighted by Gasteiger charge is 2.34. The summed E-state index contributed by atoms with van der Waals surface area (Å²) in [6.07, 6.45) is 1.86. The summed E-state index contributed by atoms with van der Waals surface area (Å²) in [6.45, 7) is 3.73. The van der Waals surface area contributed by atoms with E-state index in [1.54, 1.807) is 12.1 Å². The lowest BCUT2D eigenvalue weighted by Crippen LogP contribution is -2.40. The number of carbonyl (C=O) groups is 1. The number of rotatable bonds is 3. The van der Waals surface area contributed by atoms with Crippen LogP contribution < -0.4 is 5.32 Å². The molecule has 18 heavy (non-hydrogen) atoms. The normalized spacial score (nSPS) is 18.6. The Labute approximate surface area is 115 Å². The highest BCUT2D eigenvalue weighted by atomic mass is 79.9. The molecular formula is C14H17BrFNO. The third kappa shape index (κ3) is 2.98. The summed E-state index contributed by atoms with van der Waals surface area (Å²) in [6, 6.07) is 4.87. The highest BCUT2D eigenvalue weighted by molar-refractivity contribution is 9.10. The molecule has 1 fully saturated rings. The Bertz CT molecular complexity index is 455. The predicted octanol–water partition coefficient (Wildman–Crippen LogP) is 3.09. The fourth-order valence-electron chi connectivity index (χ4n) is 2.31. The largest absolute Gasteiger partial charge is 0.317 e. The van der Waals surface area contributed by atoms with Gasteiger partial charge in [-0.15, -0.1) is 0 Å². The van der Waals surface area contributed by atoms with E-state index >= 15 is 0 Å². The fourth-order valence-corrected chi connectivity index (χ4v) is 2.64. The lowest BCUT2D eigenvalue weighted by Gasteiger charge is -2.32. The molecule has 0 aromatic heterocycles. The molecule has 0 radical (unpaired) electrons. The molecule has 1 heterocycles. The number of nitrogens with one attached hydrogen (secondary N) is 1. The van der Waals surface area contributed by atoms with E-state index in [4.69, 9.17) is 0 Å². The quantitative estimate of drug-likeness (QED) is 0.929. The van der Waals surface area contributed by atoms with Crippen LogP contribution >= 0.6 is 15.9 Å². The molecule has 0 bridgehead atoms. The molecule has 0 saturated carbocycles. The smallest absolute Gasteiger partial charge is 0.143 e. The van der Waals surface area contributed by atoms with Crippen molar-refractivity contribution in [2.24, 2.45) is 5.41 Å². The molecule has 0 amide bonds. The summed E-state index contributed by atoms with van der Waals surface area (Å²) < 4.78 is 14.4. The topological polar surface area (TPSA) is 29.1 Å². The van der Waals surface area contributed by atoms with Crippen molar-refractivity contribution < 1.29 is 9.18 Å². The van der Waals surface area contributed by atoms with Gasteiger partial charge in [-0.05, 0) is 43.6 Å². The second-order valence-electron chi connectivity index (χ2n) is 5.15. The van der Waals surface area contributed by atoms with Crippen molar-refractivity contribution in [1.29, 1.82) is 0 Å². The third-order valence-corrected chi connectivity index (χ3v) is 4.24. The number of hydrogen-bond donors (Lipinski definition) is 1. The first-order valence-corrected chi connectivity index (χ1v) is 6.98. The third-order valence-electron chi connectivity index (χ3n) is 3.75. The Morgan fingerprint density at radius 3 is 2.72 bits per heavy atom. The van der Waals surface area contributed by atoms with Gasteiger partial charge in [0, 0.05) is 16.3 Å². The number of hydrogen-bond acceptors (Lipinski definition) is 2. The van der Waals surface area contributed by atoms with Crippen LogP contribution in [0.1, 0.15) is 25.3 Å². The van der Waals surface area contributed by atoms with Crippen molar-refractivity contribution in [1.82, 2.24) is 5.32 Å². The number of benzene rings is 1. The van der Waals surface area contributed by atoms with Crippen molar-refractivity contribution in [2.45, 2.75) is 26.2 Å². The van der Waals surface area contributed by atoms with Gasteiger partial charge in [-0.3, -0.25) is 4.79 Å². The van der Waals surface area contributed by atoms with Gasteiger partial charge in [0.2, 0.25) is 0 Å². The Hall–Kier alpha value is -0.740. The Kier molecular flexibility index (Phi) is 4.17. The van der Waals surface area contributed by atoms with E-state index < -0.39 is 0 Å². The molecule has 0 unspecified atom stereocenters. The Morgan fingerprint density at radius 2 is 2.11 bits per heavy atom. The van der Waals surface area contributed by atoms with Gasteiger partial charge >= 0.3 is 0 Å². The molecule has 0 aliphatic carbocycles. The van der Waals surface area contributed by atoms with Gasteiger partial charge in [0.25, 0.3) is 0 Å². The first kappa shape index (κ1) is 13.7. The molecule has 1 N–H and O–H groups in total. The predicted molar refractivity (Wildman–Crippen MR) is 73.0 cm³/mol. The minimum Gasteiger partial charge on any atom is -0.317 e. The van der Waals surface area contributed by atoms with E-state index in [0.717, 1.165) is 25.9 Å². The van der Waals surface area contributed by atoms with E-state index in [9.17, 15) is 9.18 Å². The second-order valence-corrected chi connectivity index (χ2v) is 6.06. The minimum atomic E-state index is -0.310. The van der Waals surface area contributed by atoms with E-state index in [1.807, 2.05) is 6.92 Å². The van der Waals surface area contributed by atoms with Crippen molar-refractivity contribution in [3.63, 3.8) is 0 Å². The summed E-state index contributed by atoms with van der Waals surface area (Å²) in [5.41, 5.74) is 0.188. The van der Waals surface area contributed by atoms with Crippen LogP contribution in [-0.2, 0) is 11.2 Å². The zero-order valence-corrected chi connectivity index (χ0v) is 12.0. The number of piperidine rings is 1. The van der Waals surface area contributed by atoms with Crippen LogP contribution in [0.3, 0.4) is 0 Å². The first-order chi connectivity index (χ1) is 8.51. The van der Waals surface area contributed by atoms with Crippen LogP contribution in [0.2, 0.25) is 0 Å². The molecule has 0 spiro atoms. The Morgan fingerprint density at radius 1 is 1.44 bits per heavy atom. The van der Waals surface area contributed by atoms with Crippen molar-refractivity contribution in [3.05, 3.63) is 34.1 Å². The molecule has 2 rings (SSSR count). The standard InChI is InChI=1S/C14H17BrFNO/c1-14(4-6-17-7-5-14)13(18)8-10-2-3-11(15)9-12(10)16/h2-3,9,17H,4-8H2,1H3. The first-order valence-electron chi connectivity index (χ1n) is 6.19. The van der Waals surface area contributed by atoms with E-state index in [0.29, 0.717) is 10.0 Å². The molecule has 4 heteroatoms. The maximum Gasteiger partial charge on any atom is 0.143 e. The fraction of sp³-hybridized carbons (Fsp3) is 0.500. The van der Waals surface area contributed by atoms with Gasteiger partial charge < -0.3 is 5.32 Å². The molecule has 1 aliphatic heterocycles.